The minimum Gasteiger partial charge on any atom is -0.506 e. The summed E-state index contributed by atoms with van der Waals surface area (Å²) in [7, 11) is 1.35. The maximum absolute atomic E-state index is 11.6. The van der Waals surface area contributed by atoms with Gasteiger partial charge >= 0.3 is 5.97 Å². The van der Waals surface area contributed by atoms with Crippen molar-refractivity contribution in [3.63, 3.8) is 0 Å². The first-order valence-corrected chi connectivity index (χ1v) is 6.80. The van der Waals surface area contributed by atoms with Gasteiger partial charge in [0.25, 0.3) is 0 Å². The summed E-state index contributed by atoms with van der Waals surface area (Å²) >= 11 is 3.27. The van der Waals surface area contributed by atoms with Gasteiger partial charge < -0.3 is 15.2 Å². The number of phenolic OH excluding ortho intramolecular Hbond substituents is 1. The van der Waals surface area contributed by atoms with Crippen LogP contribution in [0.2, 0.25) is 0 Å². The third kappa shape index (κ3) is 3.11. The molecule has 0 fully saturated rings. The molecule has 104 valence electrons. The van der Waals surface area contributed by atoms with Crippen LogP contribution in [0.15, 0.2) is 46.9 Å². The summed E-state index contributed by atoms with van der Waals surface area (Å²) in [6.07, 6.45) is 0. The number of hydrogen-bond acceptors (Lipinski definition) is 4. The van der Waals surface area contributed by atoms with Crippen molar-refractivity contribution in [3.8, 4) is 5.75 Å². The van der Waals surface area contributed by atoms with E-state index >= 15 is 0 Å². The molecule has 2 aromatic rings. The van der Waals surface area contributed by atoms with Crippen molar-refractivity contribution >= 4 is 27.6 Å². The van der Waals surface area contributed by atoms with E-state index in [9.17, 15) is 9.90 Å². The Kier molecular flexibility index (Phi) is 4.63. The number of benzene rings is 2. The molecule has 0 bridgehead atoms. The van der Waals surface area contributed by atoms with Crippen molar-refractivity contribution in [2.75, 3.05) is 12.4 Å². The Bertz CT molecular complexity index is 628. The lowest BCUT2D eigenvalue weighted by Gasteiger charge is -2.12. The zero-order valence-electron chi connectivity index (χ0n) is 10.9. The molecule has 0 aliphatic heterocycles. The quantitative estimate of drug-likeness (QED) is 0.839. The van der Waals surface area contributed by atoms with Gasteiger partial charge in [0, 0.05) is 17.8 Å². The average molecular weight is 336 g/mol. The van der Waals surface area contributed by atoms with E-state index in [1.54, 1.807) is 24.3 Å². The fourth-order valence-corrected chi connectivity index (χ4v) is 2.23. The number of ether oxygens (including phenoxy) is 1. The molecule has 0 aromatic heterocycles. The van der Waals surface area contributed by atoms with Gasteiger partial charge in [0.1, 0.15) is 5.75 Å². The summed E-state index contributed by atoms with van der Waals surface area (Å²) in [6.45, 7) is 0.402. The summed E-state index contributed by atoms with van der Waals surface area (Å²) in [5.74, 6) is -0.206. The van der Waals surface area contributed by atoms with Crippen LogP contribution in [0, 0.1) is 0 Å². The van der Waals surface area contributed by atoms with Crippen LogP contribution in [0.5, 0.6) is 5.75 Å². The number of rotatable bonds is 4. The smallest absolute Gasteiger partial charge is 0.339 e. The number of carbonyl (C=O) groups is 1. The second kappa shape index (κ2) is 6.43. The van der Waals surface area contributed by atoms with E-state index in [1.807, 2.05) is 18.2 Å². The van der Waals surface area contributed by atoms with Gasteiger partial charge in [-0.25, -0.2) is 4.79 Å². The molecule has 2 rings (SSSR count). The van der Waals surface area contributed by atoms with E-state index in [0.29, 0.717) is 22.3 Å². The number of esters is 1. The normalized spacial score (nSPS) is 10.1. The van der Waals surface area contributed by atoms with Crippen LogP contribution >= 0.6 is 15.9 Å². The minimum absolute atomic E-state index is 0.190. The van der Waals surface area contributed by atoms with Gasteiger partial charge in [-0.2, -0.15) is 0 Å². The number of carbonyl (C=O) groups excluding carboxylic acids is 1. The molecule has 0 atom stereocenters. The first kappa shape index (κ1) is 14.4. The van der Waals surface area contributed by atoms with Gasteiger partial charge in [-0.3, -0.25) is 0 Å². The number of halogens is 1. The van der Waals surface area contributed by atoms with Crippen molar-refractivity contribution in [2.45, 2.75) is 6.54 Å². The number of anilines is 1. The summed E-state index contributed by atoms with van der Waals surface area (Å²) in [4.78, 5) is 11.6. The molecule has 0 aliphatic carbocycles. The van der Waals surface area contributed by atoms with Crippen LogP contribution < -0.4 is 5.32 Å². The molecule has 0 heterocycles. The molecule has 0 radical (unpaired) electrons. The highest BCUT2D eigenvalue weighted by Crippen LogP contribution is 2.28. The number of phenols is 1. The molecule has 20 heavy (non-hydrogen) atoms. The second-order valence-corrected chi connectivity index (χ2v) is 4.99. The van der Waals surface area contributed by atoms with Crippen LogP contribution in [0.25, 0.3) is 0 Å². The van der Waals surface area contributed by atoms with E-state index in [2.05, 4.69) is 21.2 Å². The molecule has 5 heteroatoms. The molecule has 4 nitrogen and oxygen atoms in total. The fraction of sp³-hybridized carbons (Fsp3) is 0.133. The second-order valence-electron chi connectivity index (χ2n) is 4.14. The fourth-order valence-electron chi connectivity index (χ4n) is 1.82. The maximum Gasteiger partial charge on any atom is 0.339 e. The van der Waals surface area contributed by atoms with Crippen LogP contribution in [-0.2, 0) is 11.3 Å². The lowest BCUT2D eigenvalue weighted by Crippen LogP contribution is -2.08. The Morgan fingerprint density at radius 2 is 2.00 bits per heavy atom. The molecule has 0 amide bonds. The van der Waals surface area contributed by atoms with Crippen molar-refractivity contribution in [1.29, 1.82) is 0 Å². The van der Waals surface area contributed by atoms with Crippen LogP contribution in [0.1, 0.15) is 15.9 Å². The standard InChI is InChI=1S/C15H14BrNO3/c1-20-15(19)11-6-2-3-8-13(11)17-9-10-5-4-7-12(16)14(10)18/h2-8,17-18H,9H2,1H3. The SMILES string of the molecule is COC(=O)c1ccccc1NCc1cccc(Br)c1O. The molecule has 0 saturated heterocycles. The maximum atomic E-state index is 11.6. The average Bonchev–Trinajstić information content (AvgIpc) is 2.48. The number of aromatic hydroxyl groups is 1. The lowest BCUT2D eigenvalue weighted by molar-refractivity contribution is 0.0602. The molecule has 0 spiro atoms. The Morgan fingerprint density at radius 3 is 2.75 bits per heavy atom. The molecule has 0 unspecified atom stereocenters. The third-order valence-electron chi connectivity index (χ3n) is 2.87. The monoisotopic (exact) mass is 335 g/mol. The van der Waals surface area contributed by atoms with Gasteiger partial charge in [-0.1, -0.05) is 24.3 Å². The van der Waals surface area contributed by atoms with Gasteiger partial charge in [-0.05, 0) is 34.1 Å². The molecule has 2 aromatic carbocycles. The van der Waals surface area contributed by atoms with Crippen LogP contribution in [-0.4, -0.2) is 18.2 Å². The Balaban J connectivity index is 2.19. The van der Waals surface area contributed by atoms with Crippen LogP contribution in [0.4, 0.5) is 5.69 Å². The summed E-state index contributed by atoms with van der Waals surface area (Å²) < 4.78 is 5.37. The molecule has 0 aliphatic rings. The minimum atomic E-state index is -0.397. The summed E-state index contributed by atoms with van der Waals surface area (Å²) in [6, 6.07) is 12.5. The van der Waals surface area contributed by atoms with Crippen molar-refractivity contribution in [3.05, 3.63) is 58.1 Å². The highest BCUT2D eigenvalue weighted by atomic mass is 79.9. The zero-order valence-corrected chi connectivity index (χ0v) is 12.5. The van der Waals surface area contributed by atoms with Gasteiger partial charge in [-0.15, -0.1) is 0 Å². The lowest BCUT2D eigenvalue weighted by atomic mass is 10.1. The number of hydrogen-bond donors (Lipinski definition) is 2. The number of para-hydroxylation sites is 2. The largest absolute Gasteiger partial charge is 0.506 e. The van der Waals surface area contributed by atoms with Gasteiger partial charge in [0.05, 0.1) is 17.1 Å². The third-order valence-corrected chi connectivity index (χ3v) is 3.51. The highest BCUT2D eigenvalue weighted by molar-refractivity contribution is 9.10. The van der Waals surface area contributed by atoms with Crippen molar-refractivity contribution in [2.24, 2.45) is 0 Å². The van der Waals surface area contributed by atoms with E-state index in [1.165, 1.54) is 7.11 Å². The summed E-state index contributed by atoms with van der Waals surface area (Å²) in [5.41, 5.74) is 1.86. The Labute approximate surface area is 125 Å². The first-order chi connectivity index (χ1) is 9.63. The van der Waals surface area contributed by atoms with E-state index < -0.39 is 5.97 Å². The van der Waals surface area contributed by atoms with E-state index in [-0.39, 0.29) is 5.75 Å². The van der Waals surface area contributed by atoms with E-state index in [0.717, 1.165) is 5.56 Å². The van der Waals surface area contributed by atoms with Crippen LogP contribution in [0.3, 0.4) is 0 Å². The van der Waals surface area contributed by atoms with Crippen molar-refractivity contribution < 1.29 is 14.6 Å². The Morgan fingerprint density at radius 1 is 1.25 bits per heavy atom. The topological polar surface area (TPSA) is 58.6 Å². The van der Waals surface area contributed by atoms with E-state index in [4.69, 9.17) is 4.74 Å². The molecule has 0 saturated carbocycles. The number of nitrogens with one attached hydrogen (secondary N) is 1. The highest BCUT2D eigenvalue weighted by Gasteiger charge is 2.11. The van der Waals surface area contributed by atoms with Gasteiger partial charge in [0.15, 0.2) is 0 Å². The predicted octanol–water partition coefficient (Wildman–Crippen LogP) is 3.55. The first-order valence-electron chi connectivity index (χ1n) is 6.01. The van der Waals surface area contributed by atoms with Crippen molar-refractivity contribution in [1.82, 2.24) is 0 Å². The summed E-state index contributed by atoms with van der Waals surface area (Å²) in [5, 5.41) is 13.1. The molecular weight excluding hydrogens is 322 g/mol. The molecular formula is C15H14BrNO3. The Hall–Kier alpha value is -2.01. The molecule has 2 N–H and O–H groups in total. The number of methoxy groups -OCH3 is 1. The zero-order chi connectivity index (χ0) is 14.5. The predicted molar refractivity (Wildman–Crippen MR) is 80.9 cm³/mol. The van der Waals surface area contributed by atoms with Gasteiger partial charge in [0.2, 0.25) is 0 Å².